The molecule has 3 heterocycles. The molecule has 7 heteroatoms. The number of rotatable bonds is 4. The Bertz CT molecular complexity index is 647. The second-order valence-corrected chi connectivity index (χ2v) is 8.96. The summed E-state index contributed by atoms with van der Waals surface area (Å²) in [5, 5.41) is 0. The van der Waals surface area contributed by atoms with Gasteiger partial charge in [-0.3, -0.25) is 4.90 Å². The first-order valence-electron chi connectivity index (χ1n) is 8.72. The van der Waals surface area contributed by atoms with Crippen LogP contribution in [0.1, 0.15) is 5.56 Å². The van der Waals surface area contributed by atoms with Crippen LogP contribution in [0.2, 0.25) is 0 Å². The zero-order valence-corrected chi connectivity index (χ0v) is 14.7. The number of morpholine rings is 1. The van der Waals surface area contributed by atoms with Gasteiger partial charge in [-0.25, -0.2) is 0 Å². The van der Waals surface area contributed by atoms with E-state index in [4.69, 9.17) is 4.74 Å². The third-order valence-corrected chi connectivity index (χ3v) is 7.37. The normalized spacial score (nSPS) is 29.8. The molecule has 0 bridgehead atoms. The Balaban J connectivity index is 1.35. The van der Waals surface area contributed by atoms with Gasteiger partial charge in [0.1, 0.15) is 0 Å². The monoisotopic (exact) mass is 351 g/mol. The Morgan fingerprint density at radius 2 is 1.54 bits per heavy atom. The third kappa shape index (κ3) is 3.23. The fourth-order valence-electron chi connectivity index (χ4n) is 4.15. The van der Waals surface area contributed by atoms with Crippen molar-refractivity contribution in [2.75, 3.05) is 52.5 Å². The Kier molecular flexibility index (Phi) is 4.62. The minimum absolute atomic E-state index is 0.463. The molecule has 0 saturated carbocycles. The van der Waals surface area contributed by atoms with Crippen LogP contribution in [0, 0.1) is 11.8 Å². The van der Waals surface area contributed by atoms with Crippen molar-refractivity contribution >= 4 is 10.2 Å². The van der Waals surface area contributed by atoms with E-state index in [1.165, 1.54) is 5.56 Å². The molecule has 1 aromatic carbocycles. The molecule has 4 rings (SSSR count). The maximum absolute atomic E-state index is 12.8. The molecule has 2 atom stereocenters. The van der Waals surface area contributed by atoms with Gasteiger partial charge >= 0.3 is 0 Å². The highest BCUT2D eigenvalue weighted by Gasteiger charge is 2.45. The van der Waals surface area contributed by atoms with E-state index in [9.17, 15) is 8.42 Å². The van der Waals surface area contributed by atoms with Crippen molar-refractivity contribution in [2.45, 2.75) is 6.54 Å². The summed E-state index contributed by atoms with van der Waals surface area (Å²) in [6.07, 6.45) is 0. The average molecular weight is 351 g/mol. The number of likely N-dealkylation sites (tertiary alicyclic amines) is 1. The molecular weight excluding hydrogens is 326 g/mol. The molecular formula is C17H25N3O3S. The fourth-order valence-corrected chi connectivity index (χ4v) is 5.84. The summed E-state index contributed by atoms with van der Waals surface area (Å²) in [5.41, 5.74) is 1.33. The molecule has 0 aliphatic carbocycles. The lowest BCUT2D eigenvalue weighted by atomic mass is 10.0. The lowest BCUT2D eigenvalue weighted by molar-refractivity contribution is 0.0703. The van der Waals surface area contributed by atoms with Crippen LogP contribution in [0.4, 0.5) is 0 Å². The van der Waals surface area contributed by atoms with Crippen LogP contribution >= 0.6 is 0 Å². The van der Waals surface area contributed by atoms with Crippen LogP contribution in [0.5, 0.6) is 0 Å². The molecule has 132 valence electrons. The molecule has 0 amide bonds. The molecule has 24 heavy (non-hydrogen) atoms. The molecule has 0 N–H and O–H groups in total. The van der Waals surface area contributed by atoms with Crippen molar-refractivity contribution in [3.8, 4) is 0 Å². The molecule has 3 saturated heterocycles. The number of hydrogen-bond donors (Lipinski definition) is 0. The summed E-state index contributed by atoms with van der Waals surface area (Å²) in [7, 11) is -3.31. The molecule has 0 aromatic heterocycles. The summed E-state index contributed by atoms with van der Waals surface area (Å²) in [6.45, 7) is 6.25. The third-order valence-electron chi connectivity index (χ3n) is 5.40. The SMILES string of the molecule is O=S(=O)(N1CCOCC1)N1C[C@H]2CN(Cc3ccccc3)C[C@H]2C1. The van der Waals surface area contributed by atoms with Gasteiger partial charge in [0.05, 0.1) is 13.2 Å². The van der Waals surface area contributed by atoms with Crippen LogP contribution in [0.3, 0.4) is 0 Å². The van der Waals surface area contributed by atoms with Crippen LogP contribution in [-0.2, 0) is 21.5 Å². The Hall–Kier alpha value is -0.990. The number of benzene rings is 1. The second-order valence-electron chi connectivity index (χ2n) is 7.04. The van der Waals surface area contributed by atoms with Crippen molar-refractivity contribution in [1.29, 1.82) is 0 Å². The molecule has 6 nitrogen and oxygen atoms in total. The highest BCUT2D eigenvalue weighted by molar-refractivity contribution is 7.86. The van der Waals surface area contributed by atoms with Crippen LogP contribution in [-0.4, -0.2) is 74.4 Å². The first kappa shape index (κ1) is 16.5. The van der Waals surface area contributed by atoms with E-state index in [0.29, 0.717) is 51.2 Å². The van der Waals surface area contributed by atoms with Gasteiger partial charge in [0.2, 0.25) is 0 Å². The summed E-state index contributed by atoms with van der Waals surface area (Å²) in [5.74, 6) is 0.925. The number of hydrogen-bond acceptors (Lipinski definition) is 4. The van der Waals surface area contributed by atoms with Gasteiger partial charge in [-0.1, -0.05) is 30.3 Å². The standard InChI is InChI=1S/C17H25N3O3S/c21-24(22,19-6-8-23-9-7-19)20-13-16-11-18(12-17(16)14-20)10-15-4-2-1-3-5-15/h1-5,16-17H,6-14H2/t16-,17+. The number of nitrogens with zero attached hydrogens (tertiary/aromatic N) is 3. The molecule has 1 aromatic rings. The summed E-state index contributed by atoms with van der Waals surface area (Å²) in [4.78, 5) is 2.46. The van der Waals surface area contributed by atoms with Crippen molar-refractivity contribution in [2.24, 2.45) is 11.8 Å². The summed E-state index contributed by atoms with van der Waals surface area (Å²) >= 11 is 0. The first-order chi connectivity index (χ1) is 11.6. The highest BCUT2D eigenvalue weighted by Crippen LogP contribution is 2.34. The quantitative estimate of drug-likeness (QED) is 0.798. The number of fused-ring (bicyclic) bond motifs is 1. The minimum atomic E-state index is -3.31. The Morgan fingerprint density at radius 1 is 0.917 bits per heavy atom. The molecule has 0 radical (unpaired) electrons. The van der Waals surface area contributed by atoms with Crippen LogP contribution in [0.25, 0.3) is 0 Å². The van der Waals surface area contributed by atoms with Gasteiger partial charge < -0.3 is 4.74 Å². The maximum Gasteiger partial charge on any atom is 0.282 e. The van der Waals surface area contributed by atoms with Crippen molar-refractivity contribution in [3.05, 3.63) is 35.9 Å². The predicted octanol–water partition coefficient (Wildman–Crippen LogP) is 0.627. The second kappa shape index (κ2) is 6.72. The summed E-state index contributed by atoms with van der Waals surface area (Å²) < 4.78 is 34.1. The average Bonchev–Trinajstić information content (AvgIpc) is 3.15. The van der Waals surface area contributed by atoms with E-state index >= 15 is 0 Å². The van der Waals surface area contributed by atoms with E-state index in [2.05, 4.69) is 29.2 Å². The molecule has 0 unspecified atom stereocenters. The van der Waals surface area contributed by atoms with Crippen molar-refractivity contribution < 1.29 is 13.2 Å². The van der Waals surface area contributed by atoms with Crippen LogP contribution in [0.15, 0.2) is 30.3 Å². The number of ether oxygens (including phenoxy) is 1. The zero-order chi connectivity index (χ0) is 16.6. The lowest BCUT2D eigenvalue weighted by Gasteiger charge is -2.30. The topological polar surface area (TPSA) is 53.1 Å². The minimum Gasteiger partial charge on any atom is -0.379 e. The molecule has 3 aliphatic heterocycles. The first-order valence-corrected chi connectivity index (χ1v) is 10.1. The fraction of sp³-hybridized carbons (Fsp3) is 0.647. The molecule has 3 aliphatic rings. The van der Waals surface area contributed by atoms with Crippen molar-refractivity contribution in [1.82, 2.24) is 13.5 Å². The Morgan fingerprint density at radius 3 is 2.17 bits per heavy atom. The van der Waals surface area contributed by atoms with Crippen molar-refractivity contribution in [3.63, 3.8) is 0 Å². The van der Waals surface area contributed by atoms with E-state index in [-0.39, 0.29) is 0 Å². The van der Waals surface area contributed by atoms with Gasteiger partial charge in [0.25, 0.3) is 10.2 Å². The van der Waals surface area contributed by atoms with Crippen LogP contribution < -0.4 is 0 Å². The highest BCUT2D eigenvalue weighted by atomic mass is 32.2. The van der Waals surface area contributed by atoms with E-state index in [1.807, 2.05) is 6.07 Å². The zero-order valence-electron chi connectivity index (χ0n) is 13.9. The maximum atomic E-state index is 12.8. The Labute approximate surface area is 144 Å². The van der Waals surface area contributed by atoms with E-state index in [0.717, 1.165) is 19.6 Å². The lowest BCUT2D eigenvalue weighted by Crippen LogP contribution is -2.48. The van der Waals surface area contributed by atoms with E-state index in [1.54, 1.807) is 8.61 Å². The molecule has 0 spiro atoms. The van der Waals surface area contributed by atoms with Gasteiger partial charge in [0.15, 0.2) is 0 Å². The van der Waals surface area contributed by atoms with Gasteiger partial charge in [0, 0.05) is 45.8 Å². The van der Waals surface area contributed by atoms with Gasteiger partial charge in [-0.2, -0.15) is 17.0 Å². The summed E-state index contributed by atoms with van der Waals surface area (Å²) in [6, 6.07) is 10.5. The van der Waals surface area contributed by atoms with Gasteiger partial charge in [-0.15, -0.1) is 0 Å². The predicted molar refractivity (Wildman–Crippen MR) is 91.6 cm³/mol. The molecule has 3 fully saturated rings. The smallest absolute Gasteiger partial charge is 0.282 e. The van der Waals surface area contributed by atoms with Gasteiger partial charge in [-0.05, 0) is 17.4 Å². The van der Waals surface area contributed by atoms with E-state index < -0.39 is 10.2 Å². The largest absolute Gasteiger partial charge is 0.379 e.